The predicted octanol–water partition coefficient (Wildman–Crippen LogP) is 2.72. The first-order valence-electron chi connectivity index (χ1n) is 5.01. The summed E-state index contributed by atoms with van der Waals surface area (Å²) in [5.74, 6) is -0.574. The Morgan fingerprint density at radius 2 is 1.74 bits per heavy atom. The first kappa shape index (κ1) is 15.5. The van der Waals surface area contributed by atoms with E-state index >= 15 is 0 Å². The van der Waals surface area contributed by atoms with Crippen LogP contribution in [0.4, 0.5) is 26.3 Å². The van der Waals surface area contributed by atoms with E-state index in [1.54, 1.807) is 0 Å². The van der Waals surface area contributed by atoms with Gasteiger partial charge in [-0.15, -0.1) is 0 Å². The molecule has 0 atom stereocenters. The minimum absolute atomic E-state index is 0.0379. The van der Waals surface area contributed by atoms with Crippen molar-refractivity contribution in [2.75, 3.05) is 0 Å². The van der Waals surface area contributed by atoms with Crippen LogP contribution in [0.15, 0.2) is 12.3 Å². The van der Waals surface area contributed by atoms with E-state index in [-0.39, 0.29) is 17.8 Å². The molecule has 3 nitrogen and oxygen atoms in total. The number of ether oxygens (including phenoxy) is 1. The number of alkyl halides is 6. The van der Waals surface area contributed by atoms with Gasteiger partial charge in [0.25, 0.3) is 6.10 Å². The van der Waals surface area contributed by atoms with Crippen molar-refractivity contribution >= 4 is 0 Å². The van der Waals surface area contributed by atoms with Gasteiger partial charge in [0, 0.05) is 30.1 Å². The second-order valence-electron chi connectivity index (χ2n) is 3.72. The van der Waals surface area contributed by atoms with Gasteiger partial charge in [0.2, 0.25) is 0 Å². The Balaban J connectivity index is 3.14. The molecular formula is C10H10F6N2O. The van der Waals surface area contributed by atoms with E-state index in [2.05, 4.69) is 9.72 Å². The summed E-state index contributed by atoms with van der Waals surface area (Å²) in [5.41, 5.74) is 5.39. The number of nitrogens with zero attached hydrogens (tertiary/aromatic N) is 1. The lowest BCUT2D eigenvalue weighted by atomic mass is 10.2. The number of rotatable bonds is 3. The monoisotopic (exact) mass is 288 g/mol. The molecule has 9 heteroatoms. The number of nitrogens with two attached hydrogens (primary N) is 1. The van der Waals surface area contributed by atoms with Gasteiger partial charge in [0.15, 0.2) is 0 Å². The molecule has 0 radical (unpaired) electrons. The van der Waals surface area contributed by atoms with Gasteiger partial charge < -0.3 is 10.5 Å². The highest BCUT2D eigenvalue weighted by molar-refractivity contribution is 5.33. The van der Waals surface area contributed by atoms with Crippen LogP contribution >= 0.6 is 0 Å². The minimum Gasteiger partial charge on any atom is -0.471 e. The van der Waals surface area contributed by atoms with E-state index in [4.69, 9.17) is 5.73 Å². The van der Waals surface area contributed by atoms with E-state index in [0.717, 1.165) is 12.3 Å². The van der Waals surface area contributed by atoms with Crippen LogP contribution in [0.3, 0.4) is 0 Å². The van der Waals surface area contributed by atoms with Crippen molar-refractivity contribution in [2.24, 2.45) is 5.73 Å². The molecule has 108 valence electrons. The molecule has 0 aromatic carbocycles. The Morgan fingerprint density at radius 3 is 2.16 bits per heavy atom. The molecule has 2 N–H and O–H groups in total. The largest absolute Gasteiger partial charge is 0.471 e. The maximum Gasteiger partial charge on any atom is 0.434 e. The molecule has 1 aromatic heterocycles. The average molecular weight is 288 g/mol. The summed E-state index contributed by atoms with van der Waals surface area (Å²) in [5, 5.41) is 0. The second kappa shape index (κ2) is 5.24. The van der Waals surface area contributed by atoms with E-state index in [1.165, 1.54) is 6.92 Å². The van der Waals surface area contributed by atoms with Crippen molar-refractivity contribution in [3.8, 4) is 5.75 Å². The molecule has 1 heterocycles. The average Bonchev–Trinajstić information content (AvgIpc) is 2.23. The van der Waals surface area contributed by atoms with E-state index in [0.29, 0.717) is 0 Å². The highest BCUT2D eigenvalue weighted by Gasteiger charge is 2.59. The van der Waals surface area contributed by atoms with E-state index in [9.17, 15) is 26.3 Å². The summed E-state index contributed by atoms with van der Waals surface area (Å²) >= 11 is 0. The quantitative estimate of drug-likeness (QED) is 0.870. The summed E-state index contributed by atoms with van der Waals surface area (Å²) in [6, 6.07) is 0.979. The number of pyridine rings is 1. The fraction of sp³-hybridized carbons (Fsp3) is 0.500. The Hall–Kier alpha value is -1.51. The van der Waals surface area contributed by atoms with Crippen molar-refractivity contribution in [3.63, 3.8) is 0 Å². The summed E-state index contributed by atoms with van der Waals surface area (Å²) in [7, 11) is 0. The Morgan fingerprint density at radius 1 is 1.21 bits per heavy atom. The third kappa shape index (κ3) is 3.98. The first-order chi connectivity index (χ1) is 8.55. The fourth-order valence-electron chi connectivity index (χ4n) is 1.27. The molecule has 0 amide bonds. The lowest BCUT2D eigenvalue weighted by Crippen LogP contribution is -2.46. The highest BCUT2D eigenvalue weighted by atomic mass is 19.4. The van der Waals surface area contributed by atoms with Crippen LogP contribution in [0, 0.1) is 6.92 Å². The van der Waals surface area contributed by atoms with Gasteiger partial charge in [-0.2, -0.15) is 26.3 Å². The van der Waals surface area contributed by atoms with Gasteiger partial charge in [-0.1, -0.05) is 0 Å². The number of hydrogen-bond donors (Lipinski definition) is 1. The van der Waals surface area contributed by atoms with Crippen molar-refractivity contribution in [1.82, 2.24) is 4.98 Å². The van der Waals surface area contributed by atoms with Gasteiger partial charge in [-0.3, -0.25) is 4.98 Å². The van der Waals surface area contributed by atoms with Crippen LogP contribution < -0.4 is 10.5 Å². The summed E-state index contributed by atoms with van der Waals surface area (Å²) in [6.07, 6.45) is -14.0. The molecule has 0 aliphatic carbocycles. The molecular weight excluding hydrogens is 278 g/mol. The van der Waals surface area contributed by atoms with Crippen LogP contribution in [0.5, 0.6) is 5.75 Å². The topological polar surface area (TPSA) is 48.1 Å². The van der Waals surface area contributed by atoms with Gasteiger partial charge in [0.1, 0.15) is 5.75 Å². The normalized spacial score (nSPS) is 12.9. The third-order valence-electron chi connectivity index (χ3n) is 2.14. The Kier molecular flexibility index (Phi) is 4.28. The Labute approximate surface area is 104 Å². The number of halogens is 6. The maximum atomic E-state index is 12.3. The fourth-order valence-corrected chi connectivity index (χ4v) is 1.27. The lowest BCUT2D eigenvalue weighted by molar-refractivity contribution is -0.300. The standard InChI is InChI=1S/C10H10F6N2O/c1-5-2-7(6(3-17)4-18-5)19-8(9(11,12)13)10(14,15)16/h2,4,8H,3,17H2,1H3. The molecule has 19 heavy (non-hydrogen) atoms. The maximum absolute atomic E-state index is 12.3. The van der Waals surface area contributed by atoms with Crippen LogP contribution in [0.2, 0.25) is 0 Å². The zero-order chi connectivity index (χ0) is 14.8. The van der Waals surface area contributed by atoms with Crippen LogP contribution in [-0.2, 0) is 6.54 Å². The van der Waals surface area contributed by atoms with Crippen molar-refractivity contribution in [3.05, 3.63) is 23.5 Å². The molecule has 0 saturated heterocycles. The van der Waals surface area contributed by atoms with Crippen LogP contribution in [0.1, 0.15) is 11.3 Å². The molecule has 1 rings (SSSR count). The molecule has 1 aromatic rings. The van der Waals surface area contributed by atoms with Gasteiger partial charge in [-0.25, -0.2) is 0 Å². The molecule has 0 spiro atoms. The summed E-state index contributed by atoms with van der Waals surface area (Å²) in [6.45, 7) is 1.12. The second-order valence-corrected chi connectivity index (χ2v) is 3.72. The number of hydrogen-bond acceptors (Lipinski definition) is 3. The molecule has 0 saturated carbocycles. The molecule has 0 aliphatic heterocycles. The third-order valence-corrected chi connectivity index (χ3v) is 2.14. The number of aryl methyl sites for hydroxylation is 1. The first-order valence-corrected chi connectivity index (χ1v) is 5.01. The zero-order valence-corrected chi connectivity index (χ0v) is 9.64. The summed E-state index contributed by atoms with van der Waals surface area (Å²) < 4.78 is 78.2. The molecule has 0 unspecified atom stereocenters. The van der Waals surface area contributed by atoms with Gasteiger partial charge in [-0.05, 0) is 6.92 Å². The SMILES string of the molecule is Cc1cc(OC(C(F)(F)F)C(F)(F)F)c(CN)cn1. The van der Waals surface area contributed by atoms with Gasteiger partial charge >= 0.3 is 12.4 Å². The van der Waals surface area contributed by atoms with Crippen LogP contribution in [-0.4, -0.2) is 23.4 Å². The molecule has 0 bridgehead atoms. The van der Waals surface area contributed by atoms with Gasteiger partial charge in [0.05, 0.1) is 0 Å². The van der Waals surface area contributed by atoms with E-state index < -0.39 is 24.2 Å². The van der Waals surface area contributed by atoms with Crippen LogP contribution in [0.25, 0.3) is 0 Å². The molecule has 0 fully saturated rings. The van der Waals surface area contributed by atoms with Crippen molar-refractivity contribution in [1.29, 1.82) is 0 Å². The minimum atomic E-state index is -5.57. The van der Waals surface area contributed by atoms with Crippen molar-refractivity contribution in [2.45, 2.75) is 31.9 Å². The number of aromatic nitrogens is 1. The summed E-state index contributed by atoms with van der Waals surface area (Å²) in [4.78, 5) is 3.72. The van der Waals surface area contributed by atoms with E-state index in [1.807, 2.05) is 0 Å². The lowest BCUT2D eigenvalue weighted by Gasteiger charge is -2.24. The molecule has 0 aliphatic rings. The Bertz CT molecular complexity index is 429. The zero-order valence-electron chi connectivity index (χ0n) is 9.64. The predicted molar refractivity (Wildman–Crippen MR) is 53.4 cm³/mol. The smallest absolute Gasteiger partial charge is 0.434 e. The van der Waals surface area contributed by atoms with Crippen molar-refractivity contribution < 1.29 is 31.1 Å². The highest BCUT2D eigenvalue weighted by Crippen LogP contribution is 2.37.